The van der Waals surface area contributed by atoms with Gasteiger partial charge < -0.3 is 15.5 Å². The molecule has 1 saturated heterocycles. The fraction of sp³-hybridized carbons (Fsp3) is 0.611. The van der Waals surface area contributed by atoms with Crippen molar-refractivity contribution in [2.24, 2.45) is 5.92 Å². The van der Waals surface area contributed by atoms with Gasteiger partial charge in [0.2, 0.25) is 5.91 Å². The lowest BCUT2D eigenvalue weighted by molar-refractivity contribution is -0.136. The zero-order valence-electron chi connectivity index (χ0n) is 14.4. The molecule has 1 aromatic rings. The Kier molecular flexibility index (Phi) is 6.55. The zero-order valence-corrected chi connectivity index (χ0v) is 15.3. The van der Waals surface area contributed by atoms with Crippen LogP contribution in [0.25, 0.3) is 0 Å². The van der Waals surface area contributed by atoms with E-state index in [2.05, 4.69) is 15.6 Å². The molecule has 3 amide bonds. The van der Waals surface area contributed by atoms with Crippen LogP contribution in [0.2, 0.25) is 0 Å². The van der Waals surface area contributed by atoms with Crippen molar-refractivity contribution >= 4 is 23.7 Å². The largest absolute Gasteiger partial charge is 0.341 e. The fourth-order valence-corrected chi connectivity index (χ4v) is 4.35. The minimum Gasteiger partial charge on any atom is -0.341 e. The van der Waals surface area contributed by atoms with Gasteiger partial charge in [0.05, 0.1) is 0 Å². The highest BCUT2D eigenvalue weighted by molar-refractivity contribution is 7.99. The predicted molar refractivity (Wildman–Crippen MR) is 99.3 cm³/mol. The lowest BCUT2D eigenvalue weighted by Gasteiger charge is -2.34. The summed E-state index contributed by atoms with van der Waals surface area (Å²) in [5, 5.41) is 5.89. The van der Waals surface area contributed by atoms with Crippen LogP contribution in [0.1, 0.15) is 31.2 Å². The van der Waals surface area contributed by atoms with E-state index in [1.165, 1.54) is 0 Å². The Balaban J connectivity index is 1.37. The van der Waals surface area contributed by atoms with Gasteiger partial charge in [-0.2, -0.15) is 11.8 Å². The van der Waals surface area contributed by atoms with E-state index in [1.807, 2.05) is 28.8 Å². The Labute approximate surface area is 153 Å². The number of thioether (sulfide) groups is 1. The third kappa shape index (κ3) is 5.36. The molecule has 1 aromatic heterocycles. The molecule has 0 atom stereocenters. The highest BCUT2D eigenvalue weighted by Crippen LogP contribution is 2.27. The van der Waals surface area contributed by atoms with Gasteiger partial charge in [0.1, 0.15) is 0 Å². The van der Waals surface area contributed by atoms with Gasteiger partial charge in [-0.25, -0.2) is 4.79 Å². The van der Waals surface area contributed by atoms with Crippen molar-refractivity contribution in [1.82, 2.24) is 20.5 Å². The molecule has 2 N–H and O–H groups in total. The van der Waals surface area contributed by atoms with Crippen LogP contribution in [0.4, 0.5) is 4.79 Å². The molecule has 3 rings (SSSR count). The highest BCUT2D eigenvalue weighted by Gasteiger charge is 2.30. The molecule has 1 saturated carbocycles. The van der Waals surface area contributed by atoms with Crippen LogP contribution < -0.4 is 10.6 Å². The number of carbonyl (C=O) groups is 2. The Bertz CT molecular complexity index is 570. The molecule has 7 heteroatoms. The topological polar surface area (TPSA) is 74.3 Å². The molecule has 2 aliphatic rings. The SMILES string of the molecule is O=C(NCc1cccnc1)NC1CCC(C(=O)N2CCSCC2)CC1. The molecule has 2 heterocycles. The van der Waals surface area contributed by atoms with E-state index >= 15 is 0 Å². The number of nitrogens with zero attached hydrogens (tertiary/aromatic N) is 2. The highest BCUT2D eigenvalue weighted by atomic mass is 32.2. The quantitative estimate of drug-likeness (QED) is 0.859. The monoisotopic (exact) mass is 362 g/mol. The van der Waals surface area contributed by atoms with Crippen molar-refractivity contribution < 1.29 is 9.59 Å². The van der Waals surface area contributed by atoms with Crippen LogP contribution in [0.3, 0.4) is 0 Å². The normalized spacial score (nSPS) is 23.8. The minimum absolute atomic E-state index is 0.139. The van der Waals surface area contributed by atoms with Crippen molar-refractivity contribution in [2.75, 3.05) is 24.6 Å². The third-order valence-electron chi connectivity index (χ3n) is 4.91. The molecule has 0 unspecified atom stereocenters. The molecular formula is C18H26N4O2S. The van der Waals surface area contributed by atoms with Gasteiger partial charge >= 0.3 is 6.03 Å². The summed E-state index contributed by atoms with van der Waals surface area (Å²) < 4.78 is 0. The Morgan fingerprint density at radius 3 is 2.64 bits per heavy atom. The maximum Gasteiger partial charge on any atom is 0.315 e. The average molecular weight is 362 g/mol. The molecule has 1 aliphatic heterocycles. The first-order valence-electron chi connectivity index (χ1n) is 9.02. The summed E-state index contributed by atoms with van der Waals surface area (Å²) in [4.78, 5) is 30.6. The maximum absolute atomic E-state index is 12.6. The van der Waals surface area contributed by atoms with E-state index in [-0.39, 0.29) is 18.0 Å². The van der Waals surface area contributed by atoms with Gasteiger partial charge in [0.15, 0.2) is 0 Å². The Hall–Kier alpha value is -1.76. The summed E-state index contributed by atoms with van der Waals surface area (Å²) in [5.74, 6) is 2.57. The Morgan fingerprint density at radius 2 is 1.96 bits per heavy atom. The second kappa shape index (κ2) is 9.08. The van der Waals surface area contributed by atoms with Crippen molar-refractivity contribution in [2.45, 2.75) is 38.3 Å². The van der Waals surface area contributed by atoms with Crippen LogP contribution in [0.15, 0.2) is 24.5 Å². The smallest absolute Gasteiger partial charge is 0.315 e. The summed E-state index contributed by atoms with van der Waals surface area (Å²) in [6, 6.07) is 3.80. The third-order valence-corrected chi connectivity index (χ3v) is 5.85. The summed E-state index contributed by atoms with van der Waals surface area (Å²) in [7, 11) is 0. The van der Waals surface area contributed by atoms with Crippen LogP contribution in [-0.4, -0.2) is 52.5 Å². The van der Waals surface area contributed by atoms with Gasteiger partial charge in [-0.3, -0.25) is 9.78 Å². The number of amides is 3. The molecule has 6 nitrogen and oxygen atoms in total. The number of hydrogen-bond acceptors (Lipinski definition) is 4. The van der Waals surface area contributed by atoms with Crippen molar-refractivity contribution in [3.8, 4) is 0 Å². The number of rotatable bonds is 4. The molecule has 0 spiro atoms. The molecule has 0 radical (unpaired) electrons. The second-order valence-electron chi connectivity index (χ2n) is 6.67. The van der Waals surface area contributed by atoms with Crippen molar-refractivity contribution in [3.05, 3.63) is 30.1 Å². The molecule has 1 aliphatic carbocycles. The summed E-state index contributed by atoms with van der Waals surface area (Å²) in [6.45, 7) is 2.25. The molecule has 136 valence electrons. The molecule has 0 bridgehead atoms. The van der Waals surface area contributed by atoms with Gasteiger partial charge in [0, 0.05) is 55.5 Å². The van der Waals surface area contributed by atoms with E-state index in [1.54, 1.807) is 12.4 Å². The van der Waals surface area contributed by atoms with Crippen LogP contribution in [0.5, 0.6) is 0 Å². The van der Waals surface area contributed by atoms with Crippen molar-refractivity contribution in [1.29, 1.82) is 0 Å². The summed E-state index contributed by atoms with van der Waals surface area (Å²) in [6.07, 6.45) is 6.95. The standard InChI is InChI=1S/C18H26N4O2S/c23-17(22-8-10-25-11-9-22)15-3-5-16(6-4-15)21-18(24)20-13-14-2-1-7-19-12-14/h1-2,7,12,15-16H,3-6,8-11,13H2,(H2,20,21,24). The molecule has 0 aromatic carbocycles. The Morgan fingerprint density at radius 1 is 1.20 bits per heavy atom. The number of nitrogens with one attached hydrogen (secondary N) is 2. The van der Waals surface area contributed by atoms with Crippen LogP contribution in [0, 0.1) is 5.92 Å². The van der Waals surface area contributed by atoms with Gasteiger partial charge in [-0.1, -0.05) is 6.07 Å². The van der Waals surface area contributed by atoms with Crippen LogP contribution >= 0.6 is 11.8 Å². The lowest BCUT2D eigenvalue weighted by atomic mass is 9.85. The van der Waals surface area contributed by atoms with Crippen molar-refractivity contribution in [3.63, 3.8) is 0 Å². The number of carbonyl (C=O) groups excluding carboxylic acids is 2. The van der Waals surface area contributed by atoms with E-state index in [0.29, 0.717) is 12.5 Å². The fourth-order valence-electron chi connectivity index (χ4n) is 3.45. The van der Waals surface area contributed by atoms with Crippen LogP contribution in [-0.2, 0) is 11.3 Å². The zero-order chi connectivity index (χ0) is 17.5. The van der Waals surface area contributed by atoms with Gasteiger partial charge in [-0.05, 0) is 37.3 Å². The number of pyridine rings is 1. The van der Waals surface area contributed by atoms with Gasteiger partial charge in [0.25, 0.3) is 0 Å². The number of aromatic nitrogens is 1. The predicted octanol–water partition coefficient (Wildman–Crippen LogP) is 2.01. The first kappa shape index (κ1) is 18.0. The molecular weight excluding hydrogens is 336 g/mol. The first-order chi connectivity index (χ1) is 12.2. The minimum atomic E-state index is -0.147. The average Bonchev–Trinajstić information content (AvgIpc) is 2.68. The van der Waals surface area contributed by atoms with E-state index in [4.69, 9.17) is 0 Å². The molecule has 25 heavy (non-hydrogen) atoms. The molecule has 2 fully saturated rings. The summed E-state index contributed by atoms with van der Waals surface area (Å²) >= 11 is 1.92. The maximum atomic E-state index is 12.6. The summed E-state index contributed by atoms with van der Waals surface area (Å²) in [5.41, 5.74) is 0.978. The second-order valence-corrected chi connectivity index (χ2v) is 7.90. The first-order valence-corrected chi connectivity index (χ1v) is 10.2. The number of hydrogen-bond donors (Lipinski definition) is 2. The van der Waals surface area contributed by atoms with E-state index < -0.39 is 0 Å². The number of urea groups is 1. The lowest BCUT2D eigenvalue weighted by Crippen LogP contribution is -2.46. The van der Waals surface area contributed by atoms with E-state index in [9.17, 15) is 9.59 Å². The van der Waals surface area contributed by atoms with E-state index in [0.717, 1.165) is 55.8 Å². The van der Waals surface area contributed by atoms with Gasteiger partial charge in [-0.15, -0.1) is 0 Å².